The largest absolute Gasteiger partial charge is 0.370 e. The third-order valence-electron chi connectivity index (χ3n) is 3.93. The van der Waals surface area contributed by atoms with Gasteiger partial charge in [0.15, 0.2) is 5.78 Å². The van der Waals surface area contributed by atoms with Crippen LogP contribution >= 0.6 is 11.6 Å². The molecule has 0 spiro atoms. The smallest absolute Gasteiger partial charge is 0.196 e. The number of carbonyl (C=O) groups is 1. The summed E-state index contributed by atoms with van der Waals surface area (Å²) in [4.78, 5) is 12.7. The van der Waals surface area contributed by atoms with Crippen molar-refractivity contribution in [1.82, 2.24) is 0 Å². The molecule has 19 heavy (non-hydrogen) atoms. The molecule has 0 aromatic heterocycles. The molecule has 1 aromatic rings. The molecule has 4 heteroatoms. The second-order valence-electron chi connectivity index (χ2n) is 5.35. The van der Waals surface area contributed by atoms with Gasteiger partial charge in [-0.25, -0.2) is 4.39 Å². The van der Waals surface area contributed by atoms with Crippen LogP contribution in [0.15, 0.2) is 18.2 Å². The molecule has 0 heterocycles. The first-order chi connectivity index (χ1) is 8.98. The van der Waals surface area contributed by atoms with Crippen molar-refractivity contribution in [2.75, 3.05) is 7.11 Å². The SMILES string of the molecule is COC1(C(=O)c2cc(F)ccc2Cl)CCCC(C)C1. The van der Waals surface area contributed by atoms with E-state index in [0.717, 1.165) is 12.8 Å². The Hall–Kier alpha value is -0.930. The van der Waals surface area contributed by atoms with E-state index in [1.54, 1.807) is 7.11 Å². The van der Waals surface area contributed by atoms with Gasteiger partial charge in [0.05, 0.1) is 5.02 Å². The molecule has 2 rings (SSSR count). The third-order valence-corrected chi connectivity index (χ3v) is 4.26. The van der Waals surface area contributed by atoms with Crippen LogP contribution in [-0.4, -0.2) is 18.5 Å². The van der Waals surface area contributed by atoms with Crippen LogP contribution in [-0.2, 0) is 4.74 Å². The third kappa shape index (κ3) is 2.82. The molecule has 104 valence electrons. The number of methoxy groups -OCH3 is 1. The fourth-order valence-corrected chi connectivity index (χ4v) is 3.11. The molecule has 0 aliphatic heterocycles. The Morgan fingerprint density at radius 1 is 1.53 bits per heavy atom. The molecular formula is C15H18ClFO2. The van der Waals surface area contributed by atoms with E-state index < -0.39 is 11.4 Å². The van der Waals surface area contributed by atoms with E-state index >= 15 is 0 Å². The van der Waals surface area contributed by atoms with Gasteiger partial charge in [0.25, 0.3) is 0 Å². The maximum Gasteiger partial charge on any atom is 0.196 e. The van der Waals surface area contributed by atoms with Crippen LogP contribution in [0.25, 0.3) is 0 Å². The number of hydrogen-bond acceptors (Lipinski definition) is 2. The first-order valence-corrected chi connectivity index (χ1v) is 6.91. The average Bonchev–Trinajstić information content (AvgIpc) is 2.40. The Bertz CT molecular complexity index is 489. The van der Waals surface area contributed by atoms with Gasteiger partial charge in [0.2, 0.25) is 0 Å². The van der Waals surface area contributed by atoms with E-state index in [0.29, 0.717) is 18.8 Å². The van der Waals surface area contributed by atoms with Crippen LogP contribution in [0.4, 0.5) is 4.39 Å². The van der Waals surface area contributed by atoms with E-state index in [-0.39, 0.29) is 16.4 Å². The maximum absolute atomic E-state index is 13.3. The molecule has 0 radical (unpaired) electrons. The topological polar surface area (TPSA) is 26.3 Å². The summed E-state index contributed by atoms with van der Waals surface area (Å²) in [6, 6.07) is 3.87. The molecule has 1 saturated carbocycles. The lowest BCUT2D eigenvalue weighted by atomic mass is 9.75. The predicted octanol–water partition coefficient (Wildman–Crippen LogP) is 4.26. The normalized spacial score (nSPS) is 27.3. The van der Waals surface area contributed by atoms with Crippen molar-refractivity contribution in [3.05, 3.63) is 34.6 Å². The molecule has 0 bridgehead atoms. The summed E-state index contributed by atoms with van der Waals surface area (Å²) in [5.74, 6) is -0.237. The standard InChI is InChI=1S/C15H18ClFO2/c1-10-4-3-7-15(9-10,19-2)14(18)12-8-11(17)5-6-13(12)16/h5-6,8,10H,3-4,7,9H2,1-2H3. The summed E-state index contributed by atoms with van der Waals surface area (Å²) in [5.41, 5.74) is -0.632. The molecule has 1 fully saturated rings. The molecular weight excluding hydrogens is 267 g/mol. The molecule has 2 atom stereocenters. The minimum absolute atomic E-state index is 0.203. The van der Waals surface area contributed by atoms with E-state index in [4.69, 9.17) is 16.3 Å². The van der Waals surface area contributed by atoms with Gasteiger partial charge in [0.1, 0.15) is 11.4 Å². The van der Waals surface area contributed by atoms with Crippen LogP contribution in [0.5, 0.6) is 0 Å². The van der Waals surface area contributed by atoms with Gasteiger partial charge in [-0.1, -0.05) is 24.9 Å². The summed E-state index contributed by atoms with van der Waals surface area (Å²) < 4.78 is 18.9. The number of benzene rings is 1. The van der Waals surface area contributed by atoms with Crippen molar-refractivity contribution in [3.63, 3.8) is 0 Å². The number of ketones is 1. The molecule has 1 aliphatic rings. The van der Waals surface area contributed by atoms with Crippen molar-refractivity contribution < 1.29 is 13.9 Å². The Morgan fingerprint density at radius 2 is 2.26 bits per heavy atom. The van der Waals surface area contributed by atoms with E-state index in [2.05, 4.69) is 6.92 Å². The molecule has 2 unspecified atom stereocenters. The highest BCUT2D eigenvalue weighted by Crippen LogP contribution is 2.38. The molecule has 2 nitrogen and oxygen atoms in total. The highest BCUT2D eigenvalue weighted by Gasteiger charge is 2.42. The zero-order valence-electron chi connectivity index (χ0n) is 11.2. The summed E-state index contributed by atoms with van der Waals surface area (Å²) >= 11 is 6.02. The molecule has 1 aromatic carbocycles. The van der Waals surface area contributed by atoms with Crippen molar-refractivity contribution in [3.8, 4) is 0 Å². The van der Waals surface area contributed by atoms with Gasteiger partial charge < -0.3 is 4.74 Å². The first-order valence-electron chi connectivity index (χ1n) is 6.53. The molecule has 0 saturated heterocycles. The van der Waals surface area contributed by atoms with Crippen molar-refractivity contribution in [2.24, 2.45) is 5.92 Å². The summed E-state index contributed by atoms with van der Waals surface area (Å²) in [5, 5.41) is 0.279. The van der Waals surface area contributed by atoms with Crippen LogP contribution in [0.1, 0.15) is 43.0 Å². The van der Waals surface area contributed by atoms with Gasteiger partial charge >= 0.3 is 0 Å². The summed E-state index contributed by atoms with van der Waals surface area (Å²) in [6.45, 7) is 2.10. The zero-order valence-corrected chi connectivity index (χ0v) is 12.0. The monoisotopic (exact) mass is 284 g/mol. The lowest BCUT2D eigenvalue weighted by molar-refractivity contribution is -0.0302. The van der Waals surface area contributed by atoms with Gasteiger partial charge in [-0.2, -0.15) is 0 Å². The Labute approximate surface area is 117 Å². The van der Waals surface area contributed by atoms with Gasteiger partial charge in [-0.05, 0) is 43.4 Å². The number of halogens is 2. The highest BCUT2D eigenvalue weighted by molar-refractivity contribution is 6.34. The van der Waals surface area contributed by atoms with Crippen molar-refractivity contribution >= 4 is 17.4 Å². The van der Waals surface area contributed by atoms with E-state index in [1.807, 2.05) is 0 Å². The minimum atomic E-state index is -0.852. The second-order valence-corrected chi connectivity index (χ2v) is 5.76. The van der Waals surface area contributed by atoms with Gasteiger partial charge in [-0.15, -0.1) is 0 Å². The fourth-order valence-electron chi connectivity index (χ4n) is 2.90. The number of carbonyl (C=O) groups excluding carboxylic acids is 1. The van der Waals surface area contributed by atoms with E-state index in [9.17, 15) is 9.18 Å². The predicted molar refractivity (Wildman–Crippen MR) is 73.1 cm³/mol. The Kier molecular flexibility index (Phi) is 4.26. The van der Waals surface area contributed by atoms with Crippen LogP contribution in [0, 0.1) is 11.7 Å². The summed E-state index contributed by atoms with van der Waals surface area (Å²) in [6.07, 6.45) is 3.36. The van der Waals surface area contributed by atoms with Gasteiger partial charge in [0, 0.05) is 12.7 Å². The minimum Gasteiger partial charge on any atom is -0.370 e. The molecule has 0 amide bonds. The van der Waals surface area contributed by atoms with Crippen LogP contribution in [0.2, 0.25) is 5.02 Å². The van der Waals surface area contributed by atoms with E-state index in [1.165, 1.54) is 18.2 Å². The van der Waals surface area contributed by atoms with Crippen molar-refractivity contribution in [2.45, 2.75) is 38.2 Å². The molecule has 0 N–H and O–H groups in total. The lowest BCUT2D eigenvalue weighted by Gasteiger charge is -2.37. The first kappa shape index (κ1) is 14.5. The Morgan fingerprint density at radius 3 is 2.89 bits per heavy atom. The Balaban J connectivity index is 2.37. The molecule has 1 aliphatic carbocycles. The van der Waals surface area contributed by atoms with Crippen molar-refractivity contribution in [1.29, 1.82) is 0 Å². The highest BCUT2D eigenvalue weighted by atomic mass is 35.5. The average molecular weight is 285 g/mol. The van der Waals surface area contributed by atoms with Crippen LogP contribution < -0.4 is 0 Å². The summed E-state index contributed by atoms with van der Waals surface area (Å²) in [7, 11) is 1.54. The number of Topliss-reactive ketones (excluding diaryl/α,β-unsaturated/α-hetero) is 1. The zero-order chi connectivity index (χ0) is 14.0. The number of hydrogen-bond donors (Lipinski definition) is 0. The number of ether oxygens (including phenoxy) is 1. The number of rotatable bonds is 3. The van der Waals surface area contributed by atoms with Crippen LogP contribution in [0.3, 0.4) is 0 Å². The second kappa shape index (κ2) is 5.59. The van der Waals surface area contributed by atoms with Gasteiger partial charge in [-0.3, -0.25) is 4.79 Å². The fraction of sp³-hybridized carbons (Fsp3) is 0.533. The quantitative estimate of drug-likeness (QED) is 0.775. The maximum atomic E-state index is 13.3. The lowest BCUT2D eigenvalue weighted by Crippen LogP contribution is -2.44.